The van der Waals surface area contributed by atoms with E-state index in [-0.39, 0.29) is 12.2 Å². The van der Waals surface area contributed by atoms with Gasteiger partial charge in [-0.05, 0) is 36.4 Å². The summed E-state index contributed by atoms with van der Waals surface area (Å²) in [6.45, 7) is 4.96. The number of aromatic nitrogens is 1. The van der Waals surface area contributed by atoms with Gasteiger partial charge < -0.3 is 0 Å². The minimum atomic E-state index is -3.50. The van der Waals surface area contributed by atoms with E-state index in [9.17, 15) is 13.2 Å². The summed E-state index contributed by atoms with van der Waals surface area (Å²) in [6.07, 6.45) is 1.55. The molecule has 0 atom stereocenters. The van der Waals surface area contributed by atoms with Crippen molar-refractivity contribution >= 4 is 43.7 Å². The Morgan fingerprint density at radius 2 is 1.79 bits per heavy atom. The van der Waals surface area contributed by atoms with E-state index in [1.807, 2.05) is 30.7 Å². The van der Waals surface area contributed by atoms with Crippen LogP contribution in [0.5, 0.6) is 0 Å². The summed E-state index contributed by atoms with van der Waals surface area (Å²) in [4.78, 5) is 17.5. The van der Waals surface area contributed by atoms with Gasteiger partial charge in [-0.3, -0.25) is 10.1 Å². The number of rotatable bonds is 9. The summed E-state index contributed by atoms with van der Waals surface area (Å²) in [5.74, 6) is -0.186. The Kier molecular flexibility index (Phi) is 7.18. The molecular formula is C20H25N3O3S3. The van der Waals surface area contributed by atoms with Crippen LogP contribution < -0.4 is 5.32 Å². The van der Waals surface area contributed by atoms with E-state index in [2.05, 4.69) is 10.3 Å². The van der Waals surface area contributed by atoms with Crippen molar-refractivity contribution in [1.29, 1.82) is 0 Å². The van der Waals surface area contributed by atoms with Crippen molar-refractivity contribution < 1.29 is 14.6 Å². The van der Waals surface area contributed by atoms with Crippen molar-refractivity contribution in [3.05, 3.63) is 52.0 Å². The van der Waals surface area contributed by atoms with Crippen molar-refractivity contribution in [2.75, 3.05) is 18.4 Å². The Hall–Kier alpha value is -2.07. The monoisotopic (exact) mass is 451 g/mol. The lowest BCUT2D eigenvalue weighted by Crippen LogP contribution is -2.32. The molecule has 1 aromatic carbocycles. The Labute approximate surface area is 180 Å². The lowest BCUT2D eigenvalue weighted by molar-refractivity contribution is 0.103. The number of thiazole rings is 1. The van der Waals surface area contributed by atoms with E-state index in [1.165, 1.54) is 27.0 Å². The van der Waals surface area contributed by atoms with Crippen molar-refractivity contribution in [3.8, 4) is 11.3 Å². The molecule has 0 aliphatic carbocycles. The molecule has 9 heteroatoms. The summed E-state index contributed by atoms with van der Waals surface area (Å²) >= 11 is 2.70. The first kappa shape index (κ1) is 21.6. The summed E-state index contributed by atoms with van der Waals surface area (Å²) in [7, 11) is -3.50. The topological polar surface area (TPSA) is 79.4 Å². The fourth-order valence-corrected chi connectivity index (χ4v) is 5.79. The molecule has 0 fully saturated rings. The molecule has 0 unspecified atom stereocenters. The van der Waals surface area contributed by atoms with Gasteiger partial charge in [0.2, 0.25) is 10.0 Å². The number of carbonyl (C=O) groups excluding carboxylic acids is 1. The average Bonchev–Trinajstić information content (AvgIpc) is 3.40. The molecule has 1 N–H and O–H groups in total. The van der Waals surface area contributed by atoms with Gasteiger partial charge in [0.05, 0.1) is 15.5 Å². The zero-order chi connectivity index (χ0) is 20.9. The third kappa shape index (κ3) is 5.11. The highest BCUT2D eigenvalue weighted by molar-refractivity contribution is 7.89. The number of thiophene rings is 1. The summed E-state index contributed by atoms with van der Waals surface area (Å²) in [5, 5.41) is 6.98. The number of nitrogens with one attached hydrogen (secondary N) is 1. The van der Waals surface area contributed by atoms with Crippen molar-refractivity contribution in [3.63, 3.8) is 0 Å². The fourth-order valence-electron chi connectivity index (χ4n) is 2.83. The van der Waals surface area contributed by atoms with Gasteiger partial charge in [0.25, 0.3) is 5.91 Å². The van der Waals surface area contributed by atoms with Crippen LogP contribution in [-0.4, -0.2) is 36.7 Å². The lowest BCUT2D eigenvalue weighted by atomic mass is 10.2. The highest BCUT2D eigenvalue weighted by atomic mass is 32.2. The Morgan fingerprint density at radius 3 is 2.38 bits per heavy atom. The van der Waals surface area contributed by atoms with Crippen LogP contribution in [0, 0.1) is 0 Å². The number of nitrogens with zero attached hydrogens (tertiary/aromatic N) is 2. The van der Waals surface area contributed by atoms with Crippen molar-refractivity contribution in [2.45, 2.75) is 31.6 Å². The maximum absolute atomic E-state index is 12.9. The van der Waals surface area contributed by atoms with E-state index < -0.39 is 10.0 Å². The Bertz CT molecular complexity index is 1040. The molecule has 0 radical (unpaired) electrons. The van der Waals surface area contributed by atoms with Crippen LogP contribution in [0.25, 0.3) is 11.3 Å². The summed E-state index contributed by atoms with van der Waals surface area (Å²) < 4.78 is 27.3. The number of sulfonamides is 1. The van der Waals surface area contributed by atoms with Crippen LogP contribution >= 0.6 is 22.7 Å². The molecule has 0 bridgehead atoms. The van der Waals surface area contributed by atoms with Gasteiger partial charge in [0.1, 0.15) is 0 Å². The molecule has 156 valence electrons. The third-order valence-corrected chi connectivity index (χ3v) is 7.74. The van der Waals surface area contributed by atoms with Crippen LogP contribution in [0.3, 0.4) is 0 Å². The second kappa shape index (κ2) is 9.62. The molecule has 3 aromatic rings. The molecule has 0 aliphatic rings. The van der Waals surface area contributed by atoms with Crippen LogP contribution in [-0.2, 0) is 10.0 Å². The molecule has 29 heavy (non-hydrogen) atoms. The van der Waals surface area contributed by atoms with Gasteiger partial charge in [-0.25, -0.2) is 13.4 Å². The van der Waals surface area contributed by atoms with E-state index in [1.54, 1.807) is 30.3 Å². The second-order valence-corrected chi connectivity index (χ2v) is 10.1. The number of amides is 1. The van der Waals surface area contributed by atoms with E-state index >= 15 is 0 Å². The van der Waals surface area contributed by atoms with E-state index in [4.69, 9.17) is 0 Å². The standard InChI is InChI=1S/C20H23N3O3S3.H2/c1-3-11-23(12-4-2)29(25,26)16-9-7-15(8-10-16)17-14-28-20(21-17)22-19(24)18-6-5-13-27-18;/h5-10,13-14H,3-4,11-12H2,1-2H3,(H,21,22,24);1H. The molecular weight excluding hydrogens is 426 g/mol. The number of anilines is 1. The molecule has 2 heterocycles. The molecule has 1 amide bonds. The Morgan fingerprint density at radius 1 is 1.10 bits per heavy atom. The molecule has 0 aliphatic heterocycles. The van der Waals surface area contributed by atoms with Gasteiger partial charge in [-0.2, -0.15) is 4.31 Å². The predicted molar refractivity (Wildman–Crippen MR) is 121 cm³/mol. The largest absolute Gasteiger partial charge is 0.297 e. The summed E-state index contributed by atoms with van der Waals surface area (Å²) in [5.41, 5.74) is 1.49. The van der Waals surface area contributed by atoms with Gasteiger partial charge in [-0.15, -0.1) is 22.7 Å². The molecule has 2 aromatic heterocycles. The molecule has 0 spiro atoms. The smallest absolute Gasteiger partial charge is 0.267 e. The predicted octanol–water partition coefficient (Wildman–Crippen LogP) is 5.18. The zero-order valence-electron chi connectivity index (χ0n) is 16.3. The first-order chi connectivity index (χ1) is 14.0. The van der Waals surface area contributed by atoms with Crippen LogP contribution in [0.1, 0.15) is 37.8 Å². The summed E-state index contributed by atoms with van der Waals surface area (Å²) in [6, 6.07) is 10.3. The van der Waals surface area contributed by atoms with Crippen LogP contribution in [0.2, 0.25) is 0 Å². The number of hydrogen-bond donors (Lipinski definition) is 1. The third-order valence-electron chi connectivity index (χ3n) is 4.20. The normalized spacial score (nSPS) is 11.7. The number of carbonyl (C=O) groups is 1. The van der Waals surface area contributed by atoms with Gasteiger partial charge in [0.15, 0.2) is 5.13 Å². The van der Waals surface area contributed by atoms with Gasteiger partial charge >= 0.3 is 0 Å². The average molecular weight is 452 g/mol. The first-order valence-corrected chi connectivity index (χ1v) is 12.6. The van der Waals surface area contributed by atoms with Gasteiger partial charge in [0, 0.05) is 25.5 Å². The molecule has 6 nitrogen and oxygen atoms in total. The van der Waals surface area contributed by atoms with E-state index in [0.717, 1.165) is 18.4 Å². The van der Waals surface area contributed by atoms with E-state index in [0.29, 0.717) is 28.8 Å². The maximum atomic E-state index is 12.9. The van der Waals surface area contributed by atoms with Crippen LogP contribution in [0.4, 0.5) is 5.13 Å². The second-order valence-electron chi connectivity index (χ2n) is 6.40. The number of benzene rings is 1. The van der Waals surface area contributed by atoms with Gasteiger partial charge in [-0.1, -0.05) is 32.0 Å². The highest BCUT2D eigenvalue weighted by Crippen LogP contribution is 2.27. The first-order valence-electron chi connectivity index (χ1n) is 9.36. The SMILES string of the molecule is CCCN(CCC)S(=O)(=O)c1ccc(-c2csc(NC(=O)c3cccs3)n2)cc1.[HH]. The molecule has 0 saturated carbocycles. The van der Waals surface area contributed by atoms with Crippen LogP contribution in [0.15, 0.2) is 52.1 Å². The van der Waals surface area contributed by atoms with Crippen molar-refractivity contribution in [1.82, 2.24) is 9.29 Å². The molecule has 0 saturated heterocycles. The van der Waals surface area contributed by atoms with Crippen molar-refractivity contribution in [2.24, 2.45) is 0 Å². The quantitative estimate of drug-likeness (QED) is 0.486. The highest BCUT2D eigenvalue weighted by Gasteiger charge is 2.23. The number of hydrogen-bond acceptors (Lipinski definition) is 6. The Balaban J connectivity index is 0.00000320. The lowest BCUT2D eigenvalue weighted by Gasteiger charge is -2.21. The minimum absolute atomic E-state index is 0. The maximum Gasteiger partial charge on any atom is 0.267 e. The molecule has 3 rings (SSSR count). The minimum Gasteiger partial charge on any atom is -0.297 e. The zero-order valence-corrected chi connectivity index (χ0v) is 18.7. The fraction of sp³-hybridized carbons (Fsp3) is 0.300.